The van der Waals surface area contributed by atoms with E-state index in [4.69, 9.17) is 5.26 Å². The fourth-order valence-corrected chi connectivity index (χ4v) is 3.45. The summed E-state index contributed by atoms with van der Waals surface area (Å²) in [6.45, 7) is 0.300. The van der Waals surface area contributed by atoms with E-state index in [2.05, 4.69) is 11.4 Å². The van der Waals surface area contributed by atoms with Crippen LogP contribution in [0.4, 0.5) is 0 Å². The molecule has 1 aromatic rings. The first kappa shape index (κ1) is 14.0. The highest BCUT2D eigenvalue weighted by atomic mass is 127. The van der Waals surface area contributed by atoms with Crippen LogP contribution >= 0.6 is 22.6 Å². The molecular weight excluding hydrogens is 385 g/mol. The second-order valence-electron chi connectivity index (χ2n) is 4.96. The van der Waals surface area contributed by atoms with E-state index in [9.17, 15) is 14.4 Å². The van der Waals surface area contributed by atoms with Gasteiger partial charge in [-0.2, -0.15) is 5.26 Å². The van der Waals surface area contributed by atoms with Gasteiger partial charge in [-0.05, 0) is 46.7 Å². The molecule has 7 heteroatoms. The number of carbonyl (C=O) groups excluding carboxylic acids is 3. The zero-order valence-corrected chi connectivity index (χ0v) is 13.0. The van der Waals surface area contributed by atoms with E-state index in [1.54, 1.807) is 12.1 Å². The maximum atomic E-state index is 12.4. The molecule has 1 N–H and O–H groups in total. The van der Waals surface area contributed by atoms with E-state index in [1.807, 2.05) is 22.6 Å². The molecule has 0 saturated carbocycles. The van der Waals surface area contributed by atoms with Gasteiger partial charge >= 0.3 is 0 Å². The molecule has 0 aliphatic carbocycles. The summed E-state index contributed by atoms with van der Waals surface area (Å²) in [5, 5.41) is 11.3. The Kier molecular flexibility index (Phi) is 3.41. The second kappa shape index (κ2) is 5.11. The number of nitrogens with zero attached hydrogens (tertiary/aromatic N) is 2. The van der Waals surface area contributed by atoms with Crippen molar-refractivity contribution >= 4 is 40.3 Å². The number of benzene rings is 1. The molecule has 3 rings (SSSR count). The van der Waals surface area contributed by atoms with Crippen molar-refractivity contribution in [2.24, 2.45) is 0 Å². The molecule has 2 aliphatic rings. The zero-order valence-electron chi connectivity index (χ0n) is 10.9. The van der Waals surface area contributed by atoms with Gasteiger partial charge in [0.1, 0.15) is 12.1 Å². The third-order valence-corrected chi connectivity index (χ3v) is 5.00. The number of halogens is 1. The molecule has 2 aliphatic heterocycles. The lowest BCUT2D eigenvalue weighted by atomic mass is 10.0. The van der Waals surface area contributed by atoms with Gasteiger partial charge in [0.25, 0.3) is 5.91 Å². The van der Waals surface area contributed by atoms with Gasteiger partial charge in [-0.3, -0.25) is 19.7 Å². The van der Waals surface area contributed by atoms with Crippen molar-refractivity contribution in [3.63, 3.8) is 0 Å². The van der Waals surface area contributed by atoms with E-state index >= 15 is 0 Å². The van der Waals surface area contributed by atoms with Crippen LogP contribution in [0.15, 0.2) is 12.1 Å². The van der Waals surface area contributed by atoms with E-state index in [-0.39, 0.29) is 18.2 Å². The third-order valence-electron chi connectivity index (χ3n) is 3.77. The molecule has 6 nitrogen and oxygen atoms in total. The summed E-state index contributed by atoms with van der Waals surface area (Å²) in [6.07, 6.45) is 0.573. The second-order valence-corrected chi connectivity index (χ2v) is 6.04. The summed E-state index contributed by atoms with van der Waals surface area (Å²) >= 11 is 2.05. The Balaban J connectivity index is 1.94. The maximum absolute atomic E-state index is 12.4. The van der Waals surface area contributed by atoms with Crippen LogP contribution in [0.5, 0.6) is 0 Å². The smallest absolute Gasteiger partial charge is 0.255 e. The Hall–Kier alpha value is -1.95. The topological polar surface area (TPSA) is 90.3 Å². The molecule has 1 aromatic carbocycles. The molecule has 0 aromatic heterocycles. The number of imide groups is 1. The monoisotopic (exact) mass is 395 g/mol. The molecule has 0 bridgehead atoms. The SMILES string of the molecule is N#Cc1ccc2c(c1I)CN(C1CCC(=O)NC1=O)C2=O. The number of amides is 3. The zero-order chi connectivity index (χ0) is 15.1. The standard InChI is InChI=1S/C14H10IN3O3/c15-12-7(5-16)1-2-8-9(12)6-18(14(8)21)10-3-4-11(19)17-13(10)20/h1-2,10H,3-4,6H2,(H,17,19,20). The van der Waals surface area contributed by atoms with Gasteiger partial charge in [-0.1, -0.05) is 0 Å². The lowest BCUT2D eigenvalue weighted by Crippen LogP contribution is -2.52. The molecular formula is C14H10IN3O3. The third kappa shape index (κ3) is 2.19. The van der Waals surface area contributed by atoms with Crippen LogP contribution in [-0.4, -0.2) is 28.7 Å². The van der Waals surface area contributed by atoms with Gasteiger partial charge in [-0.25, -0.2) is 0 Å². The van der Waals surface area contributed by atoms with Gasteiger partial charge in [0.05, 0.1) is 5.56 Å². The Morgan fingerprint density at radius 3 is 2.76 bits per heavy atom. The van der Waals surface area contributed by atoms with Crippen molar-refractivity contribution in [3.8, 4) is 6.07 Å². The predicted molar refractivity (Wildman–Crippen MR) is 79.9 cm³/mol. The first-order chi connectivity index (χ1) is 10.0. The van der Waals surface area contributed by atoms with Crippen LogP contribution in [0.25, 0.3) is 0 Å². The number of piperidine rings is 1. The number of hydrogen-bond donors (Lipinski definition) is 1. The van der Waals surface area contributed by atoms with Gasteiger partial charge in [0.2, 0.25) is 11.8 Å². The maximum Gasteiger partial charge on any atom is 0.255 e. The number of rotatable bonds is 1. The van der Waals surface area contributed by atoms with Crippen molar-refractivity contribution < 1.29 is 14.4 Å². The summed E-state index contributed by atoms with van der Waals surface area (Å²) in [5.74, 6) is -0.952. The summed E-state index contributed by atoms with van der Waals surface area (Å²) in [5.41, 5.74) is 1.83. The average Bonchev–Trinajstić information content (AvgIpc) is 2.78. The van der Waals surface area contributed by atoms with Crippen LogP contribution in [0.3, 0.4) is 0 Å². The Labute approximate surface area is 134 Å². The fraction of sp³-hybridized carbons (Fsp3) is 0.286. The average molecular weight is 395 g/mol. The van der Waals surface area contributed by atoms with E-state index < -0.39 is 11.9 Å². The molecule has 106 valence electrons. The molecule has 0 radical (unpaired) electrons. The number of fused-ring (bicyclic) bond motifs is 1. The van der Waals surface area contributed by atoms with Gasteiger partial charge in [-0.15, -0.1) is 0 Å². The Bertz CT molecular complexity index is 723. The molecule has 1 atom stereocenters. The Morgan fingerprint density at radius 2 is 2.10 bits per heavy atom. The number of nitriles is 1. The van der Waals surface area contributed by atoms with Crippen LogP contribution in [0.1, 0.15) is 34.3 Å². The highest BCUT2D eigenvalue weighted by molar-refractivity contribution is 14.1. The van der Waals surface area contributed by atoms with Crippen molar-refractivity contribution in [3.05, 3.63) is 32.4 Å². The molecule has 1 fully saturated rings. The lowest BCUT2D eigenvalue weighted by molar-refractivity contribution is -0.136. The van der Waals surface area contributed by atoms with Crippen molar-refractivity contribution in [2.45, 2.75) is 25.4 Å². The minimum Gasteiger partial charge on any atom is -0.322 e. The number of carbonyl (C=O) groups is 3. The largest absolute Gasteiger partial charge is 0.322 e. The van der Waals surface area contributed by atoms with Crippen molar-refractivity contribution in [1.82, 2.24) is 10.2 Å². The molecule has 21 heavy (non-hydrogen) atoms. The van der Waals surface area contributed by atoms with Crippen molar-refractivity contribution in [2.75, 3.05) is 0 Å². The summed E-state index contributed by atoms with van der Waals surface area (Å²) in [7, 11) is 0. The lowest BCUT2D eigenvalue weighted by Gasteiger charge is -2.29. The van der Waals surface area contributed by atoms with Gasteiger partial charge in [0.15, 0.2) is 0 Å². The predicted octanol–water partition coefficient (Wildman–Crippen LogP) is 0.924. The number of nitrogens with one attached hydrogen (secondary N) is 1. The quantitative estimate of drug-likeness (QED) is 0.566. The highest BCUT2D eigenvalue weighted by Crippen LogP contribution is 2.31. The summed E-state index contributed by atoms with van der Waals surface area (Å²) in [4.78, 5) is 37.0. The van der Waals surface area contributed by atoms with Crippen molar-refractivity contribution in [1.29, 1.82) is 5.26 Å². The van der Waals surface area contributed by atoms with Crippen LogP contribution in [0, 0.1) is 14.9 Å². The molecule has 3 amide bonds. The van der Waals surface area contributed by atoms with E-state index in [1.165, 1.54) is 4.90 Å². The molecule has 1 unspecified atom stereocenters. The fourth-order valence-electron chi connectivity index (χ4n) is 2.69. The molecule has 0 spiro atoms. The first-order valence-electron chi connectivity index (χ1n) is 6.39. The Morgan fingerprint density at radius 1 is 1.33 bits per heavy atom. The van der Waals surface area contributed by atoms with Crippen LogP contribution in [-0.2, 0) is 16.1 Å². The van der Waals surface area contributed by atoms with Crippen LogP contribution < -0.4 is 5.32 Å². The first-order valence-corrected chi connectivity index (χ1v) is 7.47. The summed E-state index contributed by atoms with van der Waals surface area (Å²) < 4.78 is 0.746. The van der Waals surface area contributed by atoms with E-state index in [0.29, 0.717) is 24.1 Å². The molecule has 2 heterocycles. The minimum absolute atomic E-state index is 0.220. The van der Waals surface area contributed by atoms with Gasteiger partial charge in [0, 0.05) is 22.1 Å². The van der Waals surface area contributed by atoms with E-state index in [0.717, 1.165) is 9.13 Å². The molecule has 1 saturated heterocycles. The number of hydrogen-bond acceptors (Lipinski definition) is 4. The highest BCUT2D eigenvalue weighted by Gasteiger charge is 2.39. The van der Waals surface area contributed by atoms with Crippen LogP contribution in [0.2, 0.25) is 0 Å². The summed E-state index contributed by atoms with van der Waals surface area (Å²) in [6, 6.07) is 4.71. The minimum atomic E-state index is -0.621. The van der Waals surface area contributed by atoms with Gasteiger partial charge < -0.3 is 4.90 Å². The normalized spacial score (nSPS) is 21.0.